The average Bonchev–Trinajstić information content (AvgIpc) is 2.66. The van der Waals surface area contributed by atoms with Crippen LogP contribution in [0.25, 0.3) is 10.2 Å². The normalized spacial score (nSPS) is 10.4. The number of hydrogen-bond donors (Lipinski definition) is 1. The molecule has 0 amide bonds. The van der Waals surface area contributed by atoms with Gasteiger partial charge in [-0.1, -0.05) is 12.7 Å². The molecule has 2 aromatic heterocycles. The van der Waals surface area contributed by atoms with E-state index in [0.29, 0.717) is 10.2 Å². The quantitative estimate of drug-likeness (QED) is 0.766. The van der Waals surface area contributed by atoms with Gasteiger partial charge in [-0.2, -0.15) is 0 Å². The van der Waals surface area contributed by atoms with Crippen molar-refractivity contribution < 1.29 is 4.84 Å². The highest BCUT2D eigenvalue weighted by molar-refractivity contribution is 7.17. The summed E-state index contributed by atoms with van der Waals surface area (Å²) in [4.78, 5) is 30.1. The van der Waals surface area contributed by atoms with Gasteiger partial charge in [-0.15, -0.1) is 16.1 Å². The minimum Gasteiger partial charge on any atom is -0.405 e. The van der Waals surface area contributed by atoms with Gasteiger partial charge < -0.3 is 4.84 Å². The standard InChI is InChI=1S/C9H8N2O3S/c1-2-4-14-11-6-3-5-15-7(6)8(12)10-9(11)13/h2-3,5H,1,4H2,(H,10,12,13). The number of aromatic nitrogens is 2. The molecular formula is C9H8N2O3S. The van der Waals surface area contributed by atoms with Crippen molar-refractivity contribution in [3.8, 4) is 0 Å². The Kier molecular flexibility index (Phi) is 2.42. The van der Waals surface area contributed by atoms with Crippen LogP contribution in [0, 0.1) is 0 Å². The Labute approximate surface area is 88.2 Å². The highest BCUT2D eigenvalue weighted by Crippen LogP contribution is 2.13. The number of aromatic amines is 1. The molecule has 0 spiro atoms. The van der Waals surface area contributed by atoms with Gasteiger partial charge in [0, 0.05) is 0 Å². The number of nitrogens with zero attached hydrogens (tertiary/aromatic N) is 1. The first-order valence-electron chi connectivity index (χ1n) is 4.21. The molecule has 0 aliphatic rings. The zero-order valence-corrected chi connectivity index (χ0v) is 8.54. The molecule has 0 aliphatic carbocycles. The second-order valence-electron chi connectivity index (χ2n) is 2.77. The second kappa shape index (κ2) is 3.74. The van der Waals surface area contributed by atoms with Gasteiger partial charge in [0.1, 0.15) is 16.8 Å². The van der Waals surface area contributed by atoms with E-state index in [1.165, 1.54) is 17.4 Å². The number of fused-ring (bicyclic) bond motifs is 1. The van der Waals surface area contributed by atoms with Crippen LogP contribution in [0.2, 0.25) is 0 Å². The molecule has 2 aromatic rings. The molecule has 1 N–H and O–H groups in total. The lowest BCUT2D eigenvalue weighted by Crippen LogP contribution is -2.33. The molecule has 0 saturated heterocycles. The molecule has 0 aliphatic heterocycles. The predicted octanol–water partition coefficient (Wildman–Crippen LogP) is 0.366. The van der Waals surface area contributed by atoms with E-state index in [-0.39, 0.29) is 12.2 Å². The highest BCUT2D eigenvalue weighted by atomic mass is 32.1. The summed E-state index contributed by atoms with van der Waals surface area (Å²) in [7, 11) is 0. The minimum absolute atomic E-state index is 0.205. The molecule has 78 valence electrons. The van der Waals surface area contributed by atoms with Crippen molar-refractivity contribution in [2.45, 2.75) is 0 Å². The lowest BCUT2D eigenvalue weighted by Gasteiger charge is -2.05. The fourth-order valence-corrected chi connectivity index (χ4v) is 1.96. The third-order valence-corrected chi connectivity index (χ3v) is 2.70. The summed E-state index contributed by atoms with van der Waals surface area (Å²) in [5, 5.41) is 1.73. The van der Waals surface area contributed by atoms with Gasteiger partial charge in [-0.05, 0) is 11.4 Å². The summed E-state index contributed by atoms with van der Waals surface area (Å²) >= 11 is 1.26. The van der Waals surface area contributed by atoms with Crippen molar-refractivity contribution in [2.24, 2.45) is 0 Å². The van der Waals surface area contributed by atoms with Gasteiger partial charge in [0.15, 0.2) is 0 Å². The zero-order valence-electron chi connectivity index (χ0n) is 7.73. The summed E-state index contributed by atoms with van der Waals surface area (Å²) in [6, 6.07) is 1.67. The molecule has 5 nitrogen and oxygen atoms in total. The maximum absolute atomic E-state index is 11.4. The SMILES string of the molecule is C=CCOn1c(=O)[nH]c(=O)c2sccc21. The Morgan fingerprint density at radius 1 is 1.60 bits per heavy atom. The van der Waals surface area contributed by atoms with Crippen LogP contribution in [-0.4, -0.2) is 16.3 Å². The topological polar surface area (TPSA) is 64.1 Å². The van der Waals surface area contributed by atoms with Crippen molar-refractivity contribution in [1.82, 2.24) is 9.71 Å². The lowest BCUT2D eigenvalue weighted by atomic mass is 10.5. The van der Waals surface area contributed by atoms with E-state index in [2.05, 4.69) is 11.6 Å². The molecule has 6 heteroatoms. The van der Waals surface area contributed by atoms with Crippen LogP contribution in [-0.2, 0) is 0 Å². The molecule has 15 heavy (non-hydrogen) atoms. The highest BCUT2D eigenvalue weighted by Gasteiger charge is 2.08. The van der Waals surface area contributed by atoms with Crippen LogP contribution >= 0.6 is 11.3 Å². The van der Waals surface area contributed by atoms with Gasteiger partial charge in [0.25, 0.3) is 5.56 Å². The summed E-state index contributed by atoms with van der Waals surface area (Å²) in [6.45, 7) is 3.69. The Hall–Kier alpha value is -1.82. The third kappa shape index (κ3) is 1.59. The van der Waals surface area contributed by atoms with Crippen LogP contribution in [0.5, 0.6) is 0 Å². The Morgan fingerprint density at radius 2 is 2.40 bits per heavy atom. The molecule has 0 unspecified atom stereocenters. The van der Waals surface area contributed by atoms with Crippen molar-refractivity contribution in [3.05, 3.63) is 44.9 Å². The van der Waals surface area contributed by atoms with E-state index in [1.807, 2.05) is 0 Å². The van der Waals surface area contributed by atoms with Crippen LogP contribution in [0.3, 0.4) is 0 Å². The van der Waals surface area contributed by atoms with Gasteiger partial charge >= 0.3 is 5.69 Å². The van der Waals surface area contributed by atoms with E-state index in [4.69, 9.17) is 4.84 Å². The molecule has 0 bridgehead atoms. The second-order valence-corrected chi connectivity index (χ2v) is 3.69. The van der Waals surface area contributed by atoms with Gasteiger partial charge in [0.05, 0.1) is 0 Å². The van der Waals surface area contributed by atoms with E-state index in [1.54, 1.807) is 11.4 Å². The minimum atomic E-state index is -0.576. The largest absolute Gasteiger partial charge is 0.405 e. The Morgan fingerprint density at radius 3 is 3.13 bits per heavy atom. The molecule has 0 aromatic carbocycles. The average molecular weight is 224 g/mol. The van der Waals surface area contributed by atoms with E-state index < -0.39 is 5.69 Å². The van der Waals surface area contributed by atoms with Crippen LogP contribution in [0.1, 0.15) is 0 Å². The van der Waals surface area contributed by atoms with Crippen LogP contribution < -0.4 is 16.1 Å². The Bertz CT molecular complexity index is 608. The fraction of sp³-hybridized carbons (Fsp3) is 0.111. The third-order valence-electron chi connectivity index (χ3n) is 1.80. The monoisotopic (exact) mass is 224 g/mol. The fourth-order valence-electron chi connectivity index (χ4n) is 1.20. The Balaban J connectivity index is 2.71. The lowest BCUT2D eigenvalue weighted by molar-refractivity contribution is 0.133. The smallest absolute Gasteiger partial charge is 0.361 e. The van der Waals surface area contributed by atoms with Gasteiger partial charge in [-0.25, -0.2) is 4.79 Å². The van der Waals surface area contributed by atoms with Crippen molar-refractivity contribution in [3.63, 3.8) is 0 Å². The summed E-state index contributed by atoms with van der Waals surface area (Å²) in [6.07, 6.45) is 1.52. The number of thiophene rings is 1. The summed E-state index contributed by atoms with van der Waals surface area (Å²) in [5.74, 6) is 0. The predicted molar refractivity (Wildman–Crippen MR) is 58.3 cm³/mol. The summed E-state index contributed by atoms with van der Waals surface area (Å²) < 4.78 is 1.54. The molecular weight excluding hydrogens is 216 g/mol. The van der Waals surface area contributed by atoms with Crippen LogP contribution in [0.15, 0.2) is 33.7 Å². The molecule has 2 heterocycles. The van der Waals surface area contributed by atoms with E-state index >= 15 is 0 Å². The summed E-state index contributed by atoms with van der Waals surface area (Å²) in [5.41, 5.74) is -0.480. The van der Waals surface area contributed by atoms with Gasteiger partial charge in [-0.3, -0.25) is 9.78 Å². The van der Waals surface area contributed by atoms with Crippen molar-refractivity contribution in [2.75, 3.05) is 6.61 Å². The van der Waals surface area contributed by atoms with Gasteiger partial charge in [0.2, 0.25) is 0 Å². The maximum atomic E-state index is 11.4. The van der Waals surface area contributed by atoms with Crippen LogP contribution in [0.4, 0.5) is 0 Å². The van der Waals surface area contributed by atoms with Crippen molar-refractivity contribution in [1.29, 1.82) is 0 Å². The first kappa shape index (κ1) is 9.72. The molecule has 0 fully saturated rings. The molecule has 0 saturated carbocycles. The van der Waals surface area contributed by atoms with E-state index in [9.17, 15) is 9.59 Å². The number of hydrogen-bond acceptors (Lipinski definition) is 4. The zero-order chi connectivity index (χ0) is 10.8. The first-order valence-corrected chi connectivity index (χ1v) is 5.08. The number of nitrogens with one attached hydrogen (secondary N) is 1. The number of rotatable bonds is 3. The number of H-pyrrole nitrogens is 1. The molecule has 0 atom stereocenters. The van der Waals surface area contributed by atoms with Crippen molar-refractivity contribution >= 4 is 21.6 Å². The van der Waals surface area contributed by atoms with E-state index in [0.717, 1.165) is 4.73 Å². The maximum Gasteiger partial charge on any atom is 0.361 e. The molecule has 2 rings (SSSR count). The first-order chi connectivity index (χ1) is 7.24. The molecule has 0 radical (unpaired) electrons.